The van der Waals surface area contributed by atoms with Crippen LogP contribution in [-0.2, 0) is 5.75 Å². The highest BCUT2D eigenvalue weighted by Crippen LogP contribution is 2.29. The van der Waals surface area contributed by atoms with Crippen molar-refractivity contribution in [1.82, 2.24) is 0 Å². The third-order valence-corrected chi connectivity index (χ3v) is 4.21. The maximum Gasteiger partial charge on any atom is 0.159 e. The fourth-order valence-corrected chi connectivity index (χ4v) is 3.13. The quantitative estimate of drug-likeness (QED) is 0.652. The van der Waals surface area contributed by atoms with Crippen LogP contribution in [0, 0.1) is 0 Å². The fourth-order valence-electron chi connectivity index (χ4n) is 1.64. The molecule has 0 aliphatic heterocycles. The topological polar surface area (TPSA) is 37.3 Å². The van der Waals surface area contributed by atoms with Gasteiger partial charge in [-0.05, 0) is 43.3 Å². The number of carbonyl (C=O) groups is 1. The molecule has 0 spiro atoms. The van der Waals surface area contributed by atoms with Gasteiger partial charge in [0.05, 0.1) is 0 Å². The van der Waals surface area contributed by atoms with Crippen molar-refractivity contribution < 1.29 is 9.90 Å². The van der Waals surface area contributed by atoms with Gasteiger partial charge in [-0.1, -0.05) is 22.0 Å². The van der Waals surface area contributed by atoms with Crippen LogP contribution in [0.1, 0.15) is 22.8 Å². The van der Waals surface area contributed by atoms with Crippen LogP contribution in [0.5, 0.6) is 5.75 Å². The molecule has 1 N–H and O–H groups in total. The number of thioether (sulfide) groups is 1. The van der Waals surface area contributed by atoms with Crippen molar-refractivity contribution in [3.63, 3.8) is 0 Å². The first-order chi connectivity index (χ1) is 9.06. The third kappa shape index (κ3) is 3.85. The molecule has 0 saturated heterocycles. The Balaban J connectivity index is 2.15. The highest BCUT2D eigenvalue weighted by molar-refractivity contribution is 9.10. The summed E-state index contributed by atoms with van der Waals surface area (Å²) in [5, 5.41) is 9.82. The predicted octanol–water partition coefficient (Wildman–Crippen LogP) is 4.65. The van der Waals surface area contributed by atoms with E-state index >= 15 is 0 Å². The summed E-state index contributed by atoms with van der Waals surface area (Å²) in [4.78, 5) is 12.4. The van der Waals surface area contributed by atoms with Crippen molar-refractivity contribution in [2.75, 3.05) is 0 Å². The van der Waals surface area contributed by atoms with Crippen LogP contribution in [0.2, 0.25) is 0 Å². The number of hydrogen-bond donors (Lipinski definition) is 1. The number of phenols is 1. The average molecular weight is 337 g/mol. The third-order valence-electron chi connectivity index (χ3n) is 2.68. The Morgan fingerprint density at radius 1 is 1.26 bits per heavy atom. The smallest absolute Gasteiger partial charge is 0.159 e. The van der Waals surface area contributed by atoms with Crippen LogP contribution in [-0.4, -0.2) is 10.9 Å². The second-order valence-electron chi connectivity index (χ2n) is 4.15. The molecule has 0 saturated carbocycles. The van der Waals surface area contributed by atoms with Crippen LogP contribution in [0.15, 0.2) is 51.8 Å². The zero-order valence-electron chi connectivity index (χ0n) is 10.4. The summed E-state index contributed by atoms with van der Waals surface area (Å²) in [6.07, 6.45) is 0. The largest absolute Gasteiger partial charge is 0.508 e. The number of Topliss-reactive ketones (excluding diaryl/α,β-unsaturated/α-hetero) is 1. The molecular formula is C15H13BrO2S. The second-order valence-corrected chi connectivity index (χ2v) is 6.11. The Kier molecular flexibility index (Phi) is 4.66. The Bertz CT molecular complexity index is 611. The van der Waals surface area contributed by atoms with Crippen LogP contribution < -0.4 is 0 Å². The molecule has 0 fully saturated rings. The minimum Gasteiger partial charge on any atom is -0.508 e. The molecule has 98 valence electrons. The normalized spacial score (nSPS) is 10.4. The van der Waals surface area contributed by atoms with Gasteiger partial charge in [0.1, 0.15) is 5.75 Å². The van der Waals surface area contributed by atoms with E-state index in [2.05, 4.69) is 15.9 Å². The maximum atomic E-state index is 11.3. The lowest BCUT2D eigenvalue weighted by Crippen LogP contribution is -1.93. The molecule has 2 aromatic rings. The molecule has 0 heterocycles. The van der Waals surface area contributed by atoms with Crippen molar-refractivity contribution in [3.8, 4) is 5.75 Å². The molecule has 19 heavy (non-hydrogen) atoms. The molecule has 2 aromatic carbocycles. The summed E-state index contributed by atoms with van der Waals surface area (Å²) in [6, 6.07) is 13.0. The Labute approximate surface area is 125 Å². The van der Waals surface area contributed by atoms with Gasteiger partial charge in [-0.2, -0.15) is 0 Å². The van der Waals surface area contributed by atoms with Gasteiger partial charge in [0.15, 0.2) is 5.78 Å². The lowest BCUT2D eigenvalue weighted by Gasteiger charge is -2.06. The first kappa shape index (κ1) is 14.2. The molecule has 0 aliphatic carbocycles. The van der Waals surface area contributed by atoms with Gasteiger partial charge < -0.3 is 5.11 Å². The Morgan fingerprint density at radius 2 is 2.05 bits per heavy atom. The number of ketones is 1. The van der Waals surface area contributed by atoms with E-state index in [0.29, 0.717) is 11.3 Å². The van der Waals surface area contributed by atoms with E-state index in [0.717, 1.165) is 14.9 Å². The SMILES string of the molecule is CC(=O)c1ccc(O)c(CSc2cccc(Br)c2)c1. The minimum atomic E-state index is 0.00806. The van der Waals surface area contributed by atoms with Gasteiger partial charge >= 0.3 is 0 Å². The number of halogens is 1. The highest BCUT2D eigenvalue weighted by atomic mass is 79.9. The number of hydrogen-bond acceptors (Lipinski definition) is 3. The van der Waals surface area contributed by atoms with Gasteiger partial charge in [0.25, 0.3) is 0 Å². The van der Waals surface area contributed by atoms with E-state index in [1.54, 1.807) is 30.0 Å². The number of carbonyl (C=O) groups excluding carboxylic acids is 1. The summed E-state index contributed by atoms with van der Waals surface area (Å²) in [5.41, 5.74) is 1.40. The fraction of sp³-hybridized carbons (Fsp3) is 0.133. The zero-order chi connectivity index (χ0) is 13.8. The molecule has 0 aromatic heterocycles. The number of aromatic hydroxyl groups is 1. The summed E-state index contributed by atoms with van der Waals surface area (Å²) in [6.45, 7) is 1.53. The zero-order valence-corrected chi connectivity index (χ0v) is 12.8. The van der Waals surface area contributed by atoms with E-state index in [-0.39, 0.29) is 11.5 Å². The molecule has 0 amide bonds. The molecule has 0 atom stereocenters. The molecule has 0 bridgehead atoms. The van der Waals surface area contributed by atoms with Gasteiger partial charge in [-0.25, -0.2) is 0 Å². The number of rotatable bonds is 4. The molecule has 0 radical (unpaired) electrons. The van der Waals surface area contributed by atoms with Crippen molar-refractivity contribution in [2.24, 2.45) is 0 Å². The second kappa shape index (κ2) is 6.26. The number of phenolic OH excluding ortho intramolecular Hbond substituents is 1. The average Bonchev–Trinajstić information content (AvgIpc) is 2.37. The maximum absolute atomic E-state index is 11.3. The van der Waals surface area contributed by atoms with Crippen LogP contribution in [0.4, 0.5) is 0 Å². The summed E-state index contributed by atoms with van der Waals surface area (Å²) >= 11 is 5.05. The highest BCUT2D eigenvalue weighted by Gasteiger charge is 2.06. The molecule has 0 unspecified atom stereocenters. The molecular weight excluding hydrogens is 324 g/mol. The van der Waals surface area contributed by atoms with Crippen LogP contribution in [0.25, 0.3) is 0 Å². The first-order valence-electron chi connectivity index (χ1n) is 5.77. The van der Waals surface area contributed by atoms with E-state index < -0.39 is 0 Å². The predicted molar refractivity (Wildman–Crippen MR) is 81.8 cm³/mol. The minimum absolute atomic E-state index is 0.00806. The molecule has 0 aliphatic rings. The Hall–Kier alpha value is -1.26. The van der Waals surface area contributed by atoms with Crippen molar-refractivity contribution in [1.29, 1.82) is 0 Å². The first-order valence-corrected chi connectivity index (χ1v) is 7.55. The van der Waals surface area contributed by atoms with Crippen molar-refractivity contribution in [2.45, 2.75) is 17.6 Å². The van der Waals surface area contributed by atoms with Gasteiger partial charge in [0.2, 0.25) is 0 Å². The van der Waals surface area contributed by atoms with Gasteiger partial charge in [0, 0.05) is 26.2 Å². The number of benzene rings is 2. The Morgan fingerprint density at radius 3 is 2.74 bits per heavy atom. The van der Waals surface area contributed by atoms with Gasteiger partial charge in [-0.3, -0.25) is 4.79 Å². The van der Waals surface area contributed by atoms with E-state index in [4.69, 9.17) is 0 Å². The standard InChI is InChI=1S/C15H13BrO2S/c1-10(17)11-5-6-15(18)12(7-11)9-19-14-4-2-3-13(16)8-14/h2-8,18H,9H2,1H3. The van der Waals surface area contributed by atoms with E-state index in [1.165, 1.54) is 6.92 Å². The summed E-state index contributed by atoms with van der Waals surface area (Å²) in [7, 11) is 0. The lowest BCUT2D eigenvalue weighted by atomic mass is 10.1. The molecule has 4 heteroatoms. The lowest BCUT2D eigenvalue weighted by molar-refractivity contribution is 0.101. The summed E-state index contributed by atoms with van der Waals surface area (Å²) in [5.74, 6) is 0.866. The summed E-state index contributed by atoms with van der Waals surface area (Å²) < 4.78 is 1.03. The molecule has 2 nitrogen and oxygen atoms in total. The van der Waals surface area contributed by atoms with E-state index in [1.807, 2.05) is 24.3 Å². The van der Waals surface area contributed by atoms with Crippen LogP contribution in [0.3, 0.4) is 0 Å². The van der Waals surface area contributed by atoms with Crippen LogP contribution >= 0.6 is 27.7 Å². The molecule has 2 rings (SSSR count). The van der Waals surface area contributed by atoms with Crippen molar-refractivity contribution in [3.05, 3.63) is 58.1 Å². The van der Waals surface area contributed by atoms with E-state index in [9.17, 15) is 9.90 Å². The van der Waals surface area contributed by atoms with Crippen molar-refractivity contribution >= 4 is 33.5 Å². The monoisotopic (exact) mass is 336 g/mol. The van der Waals surface area contributed by atoms with Gasteiger partial charge in [-0.15, -0.1) is 11.8 Å².